The van der Waals surface area contributed by atoms with Crippen LogP contribution in [-0.2, 0) is 6.18 Å². The zero-order valence-corrected chi connectivity index (χ0v) is 16.1. The van der Waals surface area contributed by atoms with Crippen molar-refractivity contribution in [2.75, 3.05) is 0 Å². The zero-order valence-electron chi connectivity index (χ0n) is 14.5. The second-order valence-electron chi connectivity index (χ2n) is 6.14. The fourth-order valence-electron chi connectivity index (χ4n) is 2.88. The van der Waals surface area contributed by atoms with Gasteiger partial charge in [0.1, 0.15) is 10.9 Å². The first-order valence-corrected chi connectivity index (χ1v) is 9.83. The minimum absolute atomic E-state index is 0.0997. The van der Waals surface area contributed by atoms with E-state index in [1.165, 1.54) is 29.6 Å². The molecule has 3 nitrogen and oxygen atoms in total. The molecule has 0 spiro atoms. The number of nitrogens with zero attached hydrogens (tertiary/aromatic N) is 3. The Labute approximate surface area is 167 Å². The number of fused-ring (bicyclic) bond motifs is 1. The van der Waals surface area contributed by atoms with Crippen LogP contribution >= 0.6 is 23.3 Å². The third kappa shape index (κ3) is 3.39. The van der Waals surface area contributed by atoms with Gasteiger partial charge in [0.2, 0.25) is 0 Å². The van der Waals surface area contributed by atoms with E-state index in [1.807, 2.05) is 37.3 Å². The van der Waals surface area contributed by atoms with Crippen molar-refractivity contribution in [3.05, 3.63) is 70.2 Å². The molecule has 0 N–H and O–H groups in total. The molecule has 140 valence electrons. The van der Waals surface area contributed by atoms with Crippen molar-refractivity contribution in [1.29, 1.82) is 5.26 Å². The van der Waals surface area contributed by atoms with E-state index in [0.29, 0.717) is 33.5 Å². The lowest BCUT2D eigenvalue weighted by molar-refractivity contribution is -0.133. The van der Waals surface area contributed by atoms with Gasteiger partial charge in [-0.2, -0.15) is 18.4 Å². The summed E-state index contributed by atoms with van der Waals surface area (Å²) in [5.74, 6) is 0. The summed E-state index contributed by atoms with van der Waals surface area (Å²) >= 11 is 2.02. The van der Waals surface area contributed by atoms with E-state index in [4.69, 9.17) is 0 Å². The second kappa shape index (κ2) is 7.00. The van der Waals surface area contributed by atoms with Crippen LogP contribution in [0.1, 0.15) is 16.0 Å². The number of aromatic nitrogens is 2. The second-order valence-corrected chi connectivity index (χ2v) is 8.10. The molecule has 0 saturated heterocycles. The van der Waals surface area contributed by atoms with E-state index in [9.17, 15) is 18.4 Å². The van der Waals surface area contributed by atoms with Gasteiger partial charge in [0.05, 0.1) is 5.56 Å². The predicted octanol–water partition coefficient (Wildman–Crippen LogP) is 6.52. The van der Waals surface area contributed by atoms with Gasteiger partial charge in [0.15, 0.2) is 5.65 Å². The maximum absolute atomic E-state index is 13.4. The summed E-state index contributed by atoms with van der Waals surface area (Å²) in [5.41, 5.74) is 2.44. The molecule has 3 heterocycles. The van der Waals surface area contributed by atoms with Gasteiger partial charge in [-0.1, -0.05) is 17.7 Å². The Balaban J connectivity index is 1.90. The first-order chi connectivity index (χ1) is 13.4. The average molecular weight is 415 g/mol. The summed E-state index contributed by atoms with van der Waals surface area (Å²) in [6.07, 6.45) is -1.36. The van der Waals surface area contributed by atoms with Gasteiger partial charge >= 0.3 is 6.18 Å². The maximum atomic E-state index is 13.4. The highest BCUT2D eigenvalue weighted by molar-refractivity contribution is 7.98. The van der Waals surface area contributed by atoms with Crippen LogP contribution in [0.3, 0.4) is 0 Å². The van der Waals surface area contributed by atoms with E-state index in [0.717, 1.165) is 10.5 Å². The Morgan fingerprint density at radius 1 is 1.14 bits per heavy atom. The average Bonchev–Trinajstić information content (AvgIpc) is 3.28. The fourth-order valence-corrected chi connectivity index (χ4v) is 4.53. The quantitative estimate of drug-likeness (QED) is 0.383. The van der Waals surface area contributed by atoms with E-state index in [2.05, 4.69) is 4.98 Å². The van der Waals surface area contributed by atoms with Crippen molar-refractivity contribution in [2.45, 2.75) is 18.0 Å². The number of rotatable bonds is 3. The molecule has 1 aromatic carbocycles. The number of aryl methyl sites for hydroxylation is 1. The molecule has 0 aliphatic carbocycles. The van der Waals surface area contributed by atoms with Crippen LogP contribution in [0.4, 0.5) is 13.2 Å². The summed E-state index contributed by atoms with van der Waals surface area (Å²) in [5, 5.41) is 11.1. The van der Waals surface area contributed by atoms with Crippen molar-refractivity contribution >= 4 is 34.3 Å². The van der Waals surface area contributed by atoms with Crippen LogP contribution < -0.4 is 0 Å². The molecule has 4 rings (SSSR count). The third-order valence-corrected chi connectivity index (χ3v) is 6.10. The Hall–Kier alpha value is -2.76. The van der Waals surface area contributed by atoms with E-state index < -0.39 is 11.1 Å². The number of benzene rings is 1. The van der Waals surface area contributed by atoms with Gasteiger partial charge in [-0.3, -0.25) is 3.97 Å². The van der Waals surface area contributed by atoms with Crippen LogP contribution in [0, 0.1) is 18.3 Å². The predicted molar refractivity (Wildman–Crippen MR) is 105 cm³/mol. The third-order valence-electron chi connectivity index (χ3n) is 4.18. The maximum Gasteiger partial charge on any atom is 0.426 e. The molecular formula is C20H12F3N3S2. The van der Waals surface area contributed by atoms with Gasteiger partial charge in [-0.25, -0.2) is 4.98 Å². The Morgan fingerprint density at radius 3 is 2.57 bits per heavy atom. The number of pyridine rings is 1. The number of hydrogen-bond donors (Lipinski definition) is 0. The van der Waals surface area contributed by atoms with Crippen LogP contribution in [0.5, 0.6) is 0 Å². The summed E-state index contributed by atoms with van der Waals surface area (Å²) < 4.78 is 42.0. The molecule has 0 unspecified atom stereocenters. The van der Waals surface area contributed by atoms with Crippen molar-refractivity contribution in [1.82, 2.24) is 8.96 Å². The van der Waals surface area contributed by atoms with Gasteiger partial charge < -0.3 is 0 Å². The Kier molecular flexibility index (Phi) is 4.65. The number of thiophene rings is 1. The van der Waals surface area contributed by atoms with Crippen LogP contribution in [-0.4, -0.2) is 8.96 Å². The topological polar surface area (TPSA) is 41.6 Å². The fraction of sp³-hybridized carbons (Fsp3) is 0.100. The molecule has 0 aliphatic rings. The first kappa shape index (κ1) is 18.6. The highest BCUT2D eigenvalue weighted by Crippen LogP contribution is 2.44. The van der Waals surface area contributed by atoms with E-state index in [-0.39, 0.29) is 5.56 Å². The molecule has 0 radical (unpaired) electrons. The highest BCUT2D eigenvalue weighted by atomic mass is 32.2. The normalized spacial score (nSPS) is 11.7. The van der Waals surface area contributed by atoms with Gasteiger partial charge in [0, 0.05) is 33.8 Å². The van der Waals surface area contributed by atoms with E-state index in [1.54, 1.807) is 16.2 Å². The molecule has 0 saturated carbocycles. The molecule has 8 heteroatoms. The minimum atomic E-state index is -4.44. The number of nitriles is 1. The lowest BCUT2D eigenvalue weighted by atomic mass is 10.1. The summed E-state index contributed by atoms with van der Waals surface area (Å²) in [6, 6.07) is 12.9. The van der Waals surface area contributed by atoms with Crippen LogP contribution in [0.2, 0.25) is 0 Å². The highest BCUT2D eigenvalue weighted by Gasteiger charge is 2.36. The molecule has 0 atom stereocenters. The molecule has 0 amide bonds. The van der Waals surface area contributed by atoms with Crippen molar-refractivity contribution < 1.29 is 13.2 Å². The van der Waals surface area contributed by atoms with Crippen LogP contribution in [0.25, 0.3) is 22.2 Å². The molecule has 0 aliphatic heterocycles. The number of halogens is 3. The van der Waals surface area contributed by atoms with Gasteiger partial charge in [-0.15, -0.1) is 11.3 Å². The van der Waals surface area contributed by atoms with Crippen molar-refractivity contribution in [3.8, 4) is 17.2 Å². The van der Waals surface area contributed by atoms with Crippen LogP contribution in [0.15, 0.2) is 59.1 Å². The Bertz CT molecular complexity index is 1200. The van der Waals surface area contributed by atoms with Crippen molar-refractivity contribution in [2.24, 2.45) is 0 Å². The molecule has 0 fully saturated rings. The molecular weight excluding hydrogens is 403 g/mol. The van der Waals surface area contributed by atoms with E-state index >= 15 is 0 Å². The summed E-state index contributed by atoms with van der Waals surface area (Å²) in [6.45, 7) is 1.98. The number of hydrogen-bond acceptors (Lipinski definition) is 4. The Morgan fingerprint density at radius 2 is 1.89 bits per heavy atom. The summed E-state index contributed by atoms with van der Waals surface area (Å²) in [4.78, 5) is 4.60. The monoisotopic (exact) mass is 415 g/mol. The largest absolute Gasteiger partial charge is 0.426 e. The number of alkyl halides is 3. The first-order valence-electron chi connectivity index (χ1n) is 8.18. The summed E-state index contributed by atoms with van der Waals surface area (Å²) in [7, 11) is 0. The molecule has 28 heavy (non-hydrogen) atoms. The lowest BCUT2D eigenvalue weighted by Crippen LogP contribution is -2.03. The minimum Gasteiger partial charge on any atom is -0.270 e. The molecule has 3 aromatic heterocycles. The lowest BCUT2D eigenvalue weighted by Gasteiger charge is -2.06. The standard InChI is InChI=1S/C20H12F3N3S2/c1-12-2-4-14(5-3-12)28-26-11-17(15-6-7-27-18(15)20(21,22)23)16-8-13(9-24)10-25-19(16)26/h2-8,10-11H,1H3. The smallest absolute Gasteiger partial charge is 0.270 e. The van der Waals surface area contributed by atoms with Crippen molar-refractivity contribution in [3.63, 3.8) is 0 Å². The molecule has 0 bridgehead atoms. The van der Waals surface area contributed by atoms with Gasteiger partial charge in [-0.05, 0) is 48.5 Å². The zero-order chi connectivity index (χ0) is 19.9. The van der Waals surface area contributed by atoms with Gasteiger partial charge in [0.25, 0.3) is 0 Å². The SMILES string of the molecule is Cc1ccc(Sn2cc(-c3ccsc3C(F)(F)F)c3cc(C#N)cnc32)cc1. The molecule has 4 aromatic rings.